The fourth-order valence-corrected chi connectivity index (χ4v) is 3.25. The molecule has 3 unspecified atom stereocenters. The normalized spacial score (nSPS) is 29.2. The van der Waals surface area contributed by atoms with Crippen LogP contribution >= 0.6 is 11.3 Å². The van der Waals surface area contributed by atoms with Crippen LogP contribution in [0.1, 0.15) is 51.6 Å². The number of hydrogen-bond donors (Lipinski definition) is 1. The van der Waals surface area contributed by atoms with E-state index >= 15 is 0 Å². The van der Waals surface area contributed by atoms with Crippen LogP contribution in [0.25, 0.3) is 0 Å². The minimum atomic E-state index is 0.425. The summed E-state index contributed by atoms with van der Waals surface area (Å²) >= 11 is 1.77. The number of nitrogens with one attached hydrogen (secondary N) is 1. The van der Waals surface area contributed by atoms with E-state index in [1.165, 1.54) is 24.8 Å². The topological polar surface area (TPSA) is 15.3 Å². The summed E-state index contributed by atoms with van der Waals surface area (Å²) in [7, 11) is 0. The van der Waals surface area contributed by atoms with Crippen molar-refractivity contribution in [3.05, 3.63) is 22.4 Å². The number of hydrogen-bond acceptors (Lipinski definition) is 3. The van der Waals surface area contributed by atoms with Crippen LogP contribution < -0.4 is 5.43 Å². The summed E-state index contributed by atoms with van der Waals surface area (Å²) in [4.78, 5) is 0. The van der Waals surface area contributed by atoms with E-state index in [1.807, 2.05) is 0 Å². The van der Waals surface area contributed by atoms with Gasteiger partial charge in [0.25, 0.3) is 0 Å². The van der Waals surface area contributed by atoms with Gasteiger partial charge in [0.15, 0.2) is 0 Å². The van der Waals surface area contributed by atoms with Crippen molar-refractivity contribution in [3.8, 4) is 0 Å². The Bertz CT molecular complexity index is 300. The molecular formula is C13H22N2S. The van der Waals surface area contributed by atoms with Gasteiger partial charge >= 0.3 is 0 Å². The van der Waals surface area contributed by atoms with Crippen molar-refractivity contribution in [2.75, 3.05) is 0 Å². The lowest BCUT2D eigenvalue weighted by Crippen LogP contribution is -2.52. The van der Waals surface area contributed by atoms with Gasteiger partial charge in [-0.3, -0.25) is 0 Å². The molecule has 3 heteroatoms. The molecule has 3 atom stereocenters. The van der Waals surface area contributed by atoms with Gasteiger partial charge in [0.05, 0.1) is 0 Å². The quantitative estimate of drug-likeness (QED) is 0.866. The molecule has 90 valence electrons. The first-order chi connectivity index (χ1) is 7.68. The van der Waals surface area contributed by atoms with Crippen LogP contribution in [0.2, 0.25) is 0 Å². The second kappa shape index (κ2) is 5.30. The first-order valence-electron chi connectivity index (χ1n) is 6.25. The molecule has 0 aliphatic carbocycles. The zero-order valence-electron chi connectivity index (χ0n) is 10.4. The summed E-state index contributed by atoms with van der Waals surface area (Å²) in [5, 5.41) is 6.83. The highest BCUT2D eigenvalue weighted by Gasteiger charge is 2.25. The molecule has 1 N–H and O–H groups in total. The van der Waals surface area contributed by atoms with Gasteiger partial charge in [0.2, 0.25) is 0 Å². The van der Waals surface area contributed by atoms with E-state index < -0.39 is 0 Å². The van der Waals surface area contributed by atoms with E-state index in [0.717, 1.165) is 0 Å². The summed E-state index contributed by atoms with van der Waals surface area (Å²) < 4.78 is 0. The van der Waals surface area contributed by atoms with E-state index in [1.54, 1.807) is 11.3 Å². The Morgan fingerprint density at radius 1 is 1.38 bits per heavy atom. The molecule has 0 aromatic carbocycles. The van der Waals surface area contributed by atoms with Gasteiger partial charge in [-0.05, 0) is 56.0 Å². The predicted molar refractivity (Wildman–Crippen MR) is 70.5 cm³/mol. The van der Waals surface area contributed by atoms with Crippen LogP contribution in [0.3, 0.4) is 0 Å². The number of thiophene rings is 1. The Balaban J connectivity index is 1.97. The molecular weight excluding hydrogens is 216 g/mol. The van der Waals surface area contributed by atoms with E-state index in [0.29, 0.717) is 18.1 Å². The molecule has 16 heavy (non-hydrogen) atoms. The van der Waals surface area contributed by atoms with E-state index in [4.69, 9.17) is 0 Å². The van der Waals surface area contributed by atoms with Crippen molar-refractivity contribution in [2.24, 2.45) is 0 Å². The molecule has 0 amide bonds. The maximum absolute atomic E-state index is 3.66. The molecule has 1 aromatic rings. The zero-order valence-corrected chi connectivity index (χ0v) is 11.3. The lowest BCUT2D eigenvalue weighted by Gasteiger charge is -2.40. The lowest BCUT2D eigenvalue weighted by atomic mass is 9.99. The molecule has 0 radical (unpaired) electrons. The van der Waals surface area contributed by atoms with E-state index in [2.05, 4.69) is 48.0 Å². The summed E-state index contributed by atoms with van der Waals surface area (Å²) in [6.07, 6.45) is 3.99. The SMILES string of the molecule is CC(NN1C(C)CCCC1C)c1ccsc1. The van der Waals surface area contributed by atoms with Crippen LogP contribution in [-0.2, 0) is 0 Å². The highest BCUT2D eigenvalue weighted by molar-refractivity contribution is 7.07. The highest BCUT2D eigenvalue weighted by atomic mass is 32.1. The lowest BCUT2D eigenvalue weighted by molar-refractivity contribution is 0.0321. The third-order valence-corrected chi connectivity index (χ3v) is 4.28. The summed E-state index contributed by atoms with van der Waals surface area (Å²) in [5.41, 5.74) is 5.06. The Hall–Kier alpha value is -0.380. The average molecular weight is 238 g/mol. The van der Waals surface area contributed by atoms with Gasteiger partial charge in [-0.1, -0.05) is 6.42 Å². The molecule has 1 aliphatic rings. The number of nitrogens with zero attached hydrogens (tertiary/aromatic N) is 1. The molecule has 1 fully saturated rings. The third kappa shape index (κ3) is 2.65. The molecule has 1 aromatic heterocycles. The second-order valence-electron chi connectivity index (χ2n) is 4.94. The third-order valence-electron chi connectivity index (χ3n) is 3.58. The second-order valence-corrected chi connectivity index (χ2v) is 5.72. The van der Waals surface area contributed by atoms with Crippen LogP contribution in [-0.4, -0.2) is 17.1 Å². The van der Waals surface area contributed by atoms with Gasteiger partial charge in [-0.25, -0.2) is 10.4 Å². The molecule has 1 saturated heterocycles. The molecule has 2 nitrogen and oxygen atoms in total. The summed E-state index contributed by atoms with van der Waals surface area (Å²) in [6.45, 7) is 6.89. The van der Waals surface area contributed by atoms with Crippen LogP contribution in [0, 0.1) is 0 Å². The standard InChI is InChI=1S/C13H22N2S/c1-10-5-4-6-11(2)15(10)14-12(3)13-7-8-16-9-13/h7-12,14H,4-6H2,1-3H3. The largest absolute Gasteiger partial charge is 0.247 e. The zero-order chi connectivity index (χ0) is 11.5. The molecule has 2 heterocycles. The fraction of sp³-hybridized carbons (Fsp3) is 0.692. The van der Waals surface area contributed by atoms with Gasteiger partial charge in [-0.15, -0.1) is 0 Å². The Morgan fingerprint density at radius 3 is 2.62 bits per heavy atom. The van der Waals surface area contributed by atoms with E-state index in [-0.39, 0.29) is 0 Å². The Morgan fingerprint density at radius 2 is 2.06 bits per heavy atom. The molecule has 0 saturated carbocycles. The van der Waals surface area contributed by atoms with Crippen molar-refractivity contribution in [1.82, 2.24) is 10.4 Å². The molecule has 2 rings (SSSR count). The van der Waals surface area contributed by atoms with Crippen LogP contribution in [0.4, 0.5) is 0 Å². The summed E-state index contributed by atoms with van der Waals surface area (Å²) in [6, 6.07) is 3.95. The highest BCUT2D eigenvalue weighted by Crippen LogP contribution is 2.23. The van der Waals surface area contributed by atoms with Crippen molar-refractivity contribution in [3.63, 3.8) is 0 Å². The van der Waals surface area contributed by atoms with Gasteiger partial charge in [0, 0.05) is 18.1 Å². The minimum Gasteiger partial charge on any atom is -0.247 e. The minimum absolute atomic E-state index is 0.425. The predicted octanol–water partition coefficient (Wildman–Crippen LogP) is 3.58. The van der Waals surface area contributed by atoms with Crippen molar-refractivity contribution < 1.29 is 0 Å². The molecule has 0 bridgehead atoms. The van der Waals surface area contributed by atoms with E-state index in [9.17, 15) is 0 Å². The van der Waals surface area contributed by atoms with Crippen LogP contribution in [0.5, 0.6) is 0 Å². The van der Waals surface area contributed by atoms with Crippen LogP contribution in [0.15, 0.2) is 16.8 Å². The average Bonchev–Trinajstić information content (AvgIpc) is 2.76. The smallest absolute Gasteiger partial charge is 0.0445 e. The number of piperidine rings is 1. The van der Waals surface area contributed by atoms with Gasteiger partial charge in [-0.2, -0.15) is 11.3 Å². The van der Waals surface area contributed by atoms with Gasteiger partial charge in [0.1, 0.15) is 0 Å². The summed E-state index contributed by atoms with van der Waals surface area (Å²) in [5.74, 6) is 0. The number of rotatable bonds is 3. The Kier molecular flexibility index (Phi) is 4.00. The van der Waals surface area contributed by atoms with Gasteiger partial charge < -0.3 is 0 Å². The monoisotopic (exact) mass is 238 g/mol. The Labute approximate surface area is 103 Å². The van der Waals surface area contributed by atoms with Crippen molar-refractivity contribution >= 4 is 11.3 Å². The number of hydrazine groups is 1. The first kappa shape index (κ1) is 12.1. The van der Waals surface area contributed by atoms with Crippen molar-refractivity contribution in [1.29, 1.82) is 0 Å². The maximum Gasteiger partial charge on any atom is 0.0445 e. The first-order valence-corrected chi connectivity index (χ1v) is 7.19. The molecule has 0 spiro atoms. The fourth-order valence-electron chi connectivity index (χ4n) is 2.50. The maximum atomic E-state index is 3.66. The van der Waals surface area contributed by atoms with Crippen molar-refractivity contribution in [2.45, 2.75) is 58.2 Å². The molecule has 1 aliphatic heterocycles.